The van der Waals surface area contributed by atoms with Gasteiger partial charge in [0, 0.05) is 5.56 Å². The third kappa shape index (κ3) is 5.93. The lowest BCUT2D eigenvalue weighted by molar-refractivity contribution is 0.0933. The van der Waals surface area contributed by atoms with E-state index in [0.29, 0.717) is 33.7 Å². The highest BCUT2D eigenvalue weighted by Gasteiger charge is 2.14. The highest BCUT2D eigenvalue weighted by molar-refractivity contribution is 9.10. The minimum absolute atomic E-state index is 0.0452. The summed E-state index contributed by atoms with van der Waals surface area (Å²) in [5.74, 6) is 0.213. The Labute approximate surface area is 176 Å². The van der Waals surface area contributed by atoms with Crippen LogP contribution in [0.3, 0.4) is 0 Å². The summed E-state index contributed by atoms with van der Waals surface area (Å²) in [6, 6.07) is 11.7. The Hall–Kier alpha value is -2.65. The zero-order valence-electron chi connectivity index (χ0n) is 15.4. The predicted octanol–water partition coefficient (Wildman–Crippen LogP) is 3.20. The van der Waals surface area contributed by atoms with Gasteiger partial charge in [-0.1, -0.05) is 19.1 Å². The van der Waals surface area contributed by atoms with Gasteiger partial charge in [-0.3, -0.25) is 25.8 Å². The molecule has 3 N–H and O–H groups in total. The highest BCUT2D eigenvalue weighted by Crippen LogP contribution is 2.25. The van der Waals surface area contributed by atoms with Crippen LogP contribution < -0.4 is 25.6 Å². The van der Waals surface area contributed by atoms with E-state index in [1.807, 2.05) is 6.92 Å². The van der Waals surface area contributed by atoms with E-state index < -0.39 is 11.8 Å². The van der Waals surface area contributed by atoms with Crippen molar-refractivity contribution in [3.05, 3.63) is 58.1 Å². The molecule has 0 atom stereocenters. The lowest BCUT2D eigenvalue weighted by atomic mass is 10.2. The first-order valence-corrected chi connectivity index (χ1v) is 9.63. The Morgan fingerprint density at radius 1 is 1.07 bits per heavy atom. The maximum atomic E-state index is 12.4. The van der Waals surface area contributed by atoms with E-state index in [1.165, 1.54) is 7.11 Å². The second-order valence-corrected chi connectivity index (χ2v) is 6.82. The summed E-state index contributed by atoms with van der Waals surface area (Å²) in [5, 5.41) is 2.46. The molecule has 0 aliphatic rings. The van der Waals surface area contributed by atoms with Crippen molar-refractivity contribution in [2.45, 2.75) is 13.3 Å². The molecule has 0 saturated carbocycles. The first-order chi connectivity index (χ1) is 13.5. The molecule has 2 rings (SSSR count). The van der Waals surface area contributed by atoms with Crippen LogP contribution in [0.4, 0.5) is 0 Å². The Bertz CT molecular complexity index is 876. The van der Waals surface area contributed by atoms with Gasteiger partial charge in [-0.05, 0) is 64.9 Å². The number of halogens is 1. The smallest absolute Gasteiger partial charge is 0.269 e. The molecule has 0 unspecified atom stereocenters. The Morgan fingerprint density at radius 3 is 2.50 bits per heavy atom. The summed E-state index contributed by atoms with van der Waals surface area (Å²) in [4.78, 5) is 24.6. The third-order valence-corrected chi connectivity index (χ3v) is 4.35. The SMILES string of the molecule is CCCOc1ccccc1C(=O)NC(=S)NNC(=O)c1ccc(OC)c(Br)c1. The van der Waals surface area contributed by atoms with E-state index in [0.717, 1.165) is 6.42 Å². The maximum absolute atomic E-state index is 12.4. The second kappa shape index (κ2) is 10.6. The molecule has 0 bridgehead atoms. The van der Waals surface area contributed by atoms with Crippen LogP contribution in [0.2, 0.25) is 0 Å². The van der Waals surface area contributed by atoms with Crippen LogP contribution in [0.5, 0.6) is 11.5 Å². The van der Waals surface area contributed by atoms with E-state index >= 15 is 0 Å². The number of hydrogen-bond acceptors (Lipinski definition) is 5. The highest BCUT2D eigenvalue weighted by atomic mass is 79.9. The van der Waals surface area contributed by atoms with Crippen molar-refractivity contribution in [1.29, 1.82) is 0 Å². The second-order valence-electron chi connectivity index (χ2n) is 5.56. The number of methoxy groups -OCH3 is 1. The topological polar surface area (TPSA) is 88.7 Å². The van der Waals surface area contributed by atoms with E-state index in [4.69, 9.17) is 21.7 Å². The minimum atomic E-state index is -0.439. The molecule has 0 radical (unpaired) electrons. The van der Waals surface area contributed by atoms with Gasteiger partial charge in [0.15, 0.2) is 5.11 Å². The van der Waals surface area contributed by atoms with E-state index in [-0.39, 0.29) is 5.11 Å². The van der Waals surface area contributed by atoms with Crippen LogP contribution in [0.15, 0.2) is 46.9 Å². The molecule has 0 aliphatic carbocycles. The lowest BCUT2D eigenvalue weighted by Crippen LogP contribution is -2.48. The Morgan fingerprint density at radius 2 is 1.82 bits per heavy atom. The summed E-state index contributed by atoms with van der Waals surface area (Å²) < 4.78 is 11.3. The molecule has 0 aliphatic heterocycles. The molecule has 2 aromatic rings. The quantitative estimate of drug-likeness (QED) is 0.448. The minimum Gasteiger partial charge on any atom is -0.496 e. The molecule has 7 nitrogen and oxygen atoms in total. The number of carbonyl (C=O) groups is 2. The zero-order valence-corrected chi connectivity index (χ0v) is 17.8. The normalized spacial score (nSPS) is 9.96. The molecule has 0 saturated heterocycles. The molecule has 0 spiro atoms. The summed E-state index contributed by atoms with van der Waals surface area (Å²) in [7, 11) is 1.54. The fraction of sp³-hybridized carbons (Fsp3) is 0.211. The van der Waals surface area contributed by atoms with Gasteiger partial charge in [0.2, 0.25) is 0 Å². The predicted molar refractivity (Wildman–Crippen MR) is 114 cm³/mol. The molecule has 0 fully saturated rings. The summed E-state index contributed by atoms with van der Waals surface area (Å²) in [6.07, 6.45) is 0.823. The fourth-order valence-electron chi connectivity index (χ4n) is 2.19. The largest absolute Gasteiger partial charge is 0.496 e. The molecule has 2 aromatic carbocycles. The van der Waals surface area contributed by atoms with E-state index in [9.17, 15) is 9.59 Å². The third-order valence-electron chi connectivity index (χ3n) is 3.52. The van der Waals surface area contributed by atoms with Crippen molar-refractivity contribution in [3.63, 3.8) is 0 Å². The summed E-state index contributed by atoms with van der Waals surface area (Å²) >= 11 is 8.39. The van der Waals surface area contributed by atoms with Crippen LogP contribution in [-0.4, -0.2) is 30.6 Å². The number of amides is 2. The summed E-state index contributed by atoms with van der Waals surface area (Å²) in [6.45, 7) is 2.48. The Balaban J connectivity index is 1.93. The van der Waals surface area contributed by atoms with Gasteiger partial charge in [0.1, 0.15) is 11.5 Å². The average molecular weight is 466 g/mol. The first-order valence-electron chi connectivity index (χ1n) is 8.43. The van der Waals surface area contributed by atoms with Crippen LogP contribution in [0.1, 0.15) is 34.1 Å². The molecule has 148 valence electrons. The number of ether oxygens (including phenoxy) is 2. The van der Waals surface area contributed by atoms with E-state index in [1.54, 1.807) is 42.5 Å². The van der Waals surface area contributed by atoms with Crippen molar-refractivity contribution in [3.8, 4) is 11.5 Å². The van der Waals surface area contributed by atoms with Gasteiger partial charge >= 0.3 is 0 Å². The van der Waals surface area contributed by atoms with Gasteiger partial charge in [-0.2, -0.15) is 0 Å². The molecular weight excluding hydrogens is 446 g/mol. The molecule has 0 aromatic heterocycles. The van der Waals surface area contributed by atoms with Crippen molar-refractivity contribution in [1.82, 2.24) is 16.2 Å². The van der Waals surface area contributed by atoms with Gasteiger partial charge in [-0.25, -0.2) is 0 Å². The average Bonchev–Trinajstić information content (AvgIpc) is 2.70. The number of benzene rings is 2. The number of thiocarbonyl (C=S) groups is 1. The maximum Gasteiger partial charge on any atom is 0.269 e. The van der Waals surface area contributed by atoms with Gasteiger partial charge in [0.25, 0.3) is 11.8 Å². The number of carbonyl (C=O) groups excluding carboxylic acids is 2. The number of rotatable bonds is 6. The van der Waals surface area contributed by atoms with Crippen LogP contribution in [0.25, 0.3) is 0 Å². The van der Waals surface area contributed by atoms with Crippen LogP contribution in [-0.2, 0) is 0 Å². The van der Waals surface area contributed by atoms with E-state index in [2.05, 4.69) is 32.1 Å². The van der Waals surface area contributed by atoms with Gasteiger partial charge in [0.05, 0.1) is 23.8 Å². The van der Waals surface area contributed by atoms with Gasteiger partial charge < -0.3 is 9.47 Å². The first kappa shape index (κ1) is 21.6. The fourth-order valence-corrected chi connectivity index (χ4v) is 2.87. The van der Waals surface area contributed by atoms with Crippen molar-refractivity contribution < 1.29 is 19.1 Å². The standard InChI is InChI=1S/C19H20BrN3O4S/c1-3-10-27-15-7-5-4-6-13(15)18(25)21-19(28)23-22-17(24)12-8-9-16(26-2)14(20)11-12/h4-9,11H,3,10H2,1-2H3,(H,22,24)(H2,21,23,25,28). The summed E-state index contributed by atoms with van der Waals surface area (Å²) in [5.41, 5.74) is 5.67. The van der Waals surface area contributed by atoms with Gasteiger partial charge in [-0.15, -0.1) is 0 Å². The molecule has 2 amide bonds. The number of para-hydroxylation sites is 1. The van der Waals surface area contributed by atoms with Crippen LogP contribution in [0, 0.1) is 0 Å². The molecule has 28 heavy (non-hydrogen) atoms. The molecule has 9 heteroatoms. The number of nitrogens with one attached hydrogen (secondary N) is 3. The van der Waals surface area contributed by atoms with Crippen molar-refractivity contribution in [2.24, 2.45) is 0 Å². The van der Waals surface area contributed by atoms with Crippen LogP contribution >= 0.6 is 28.1 Å². The number of hydrazine groups is 1. The van der Waals surface area contributed by atoms with Crippen molar-refractivity contribution in [2.75, 3.05) is 13.7 Å². The lowest BCUT2D eigenvalue weighted by Gasteiger charge is -2.13. The Kier molecular flexibility index (Phi) is 8.21. The number of hydrogen-bond donors (Lipinski definition) is 3. The molecule has 0 heterocycles. The monoisotopic (exact) mass is 465 g/mol. The zero-order chi connectivity index (χ0) is 20.5. The van der Waals surface area contributed by atoms with Crippen molar-refractivity contribution >= 4 is 45.1 Å². The molecular formula is C19H20BrN3O4S.